The van der Waals surface area contributed by atoms with E-state index in [0.717, 1.165) is 46.1 Å². The minimum absolute atomic E-state index is 0.0494. The molecule has 1 aromatic carbocycles. The molecule has 1 aliphatic carbocycles. The fourth-order valence-corrected chi connectivity index (χ4v) is 3.80. The van der Waals surface area contributed by atoms with E-state index in [1.807, 2.05) is 36.4 Å². The lowest BCUT2D eigenvalue weighted by atomic mass is 9.76. The first-order valence-corrected chi connectivity index (χ1v) is 9.07. The van der Waals surface area contributed by atoms with Gasteiger partial charge in [0.15, 0.2) is 5.78 Å². The number of aromatic nitrogens is 2. The standard InChI is InChI=1S/C22H23N3O2/c1-22(2)12-16-19(17(26)13-22)21(20(25-16)14-8-10-23-11-9-14)24-15-6-4-5-7-18(15)27-3/h4-11,24-25H,12-13H2,1-3H3. The van der Waals surface area contributed by atoms with E-state index in [1.54, 1.807) is 19.5 Å². The van der Waals surface area contributed by atoms with Crippen molar-refractivity contribution in [3.05, 3.63) is 60.0 Å². The number of carbonyl (C=O) groups excluding carboxylic acids is 1. The van der Waals surface area contributed by atoms with Gasteiger partial charge in [0.2, 0.25) is 0 Å². The second-order valence-electron chi connectivity index (χ2n) is 7.73. The lowest BCUT2D eigenvalue weighted by Crippen LogP contribution is -2.26. The van der Waals surface area contributed by atoms with Crippen LogP contribution in [0.15, 0.2) is 48.8 Å². The zero-order chi connectivity index (χ0) is 19.0. The fourth-order valence-electron chi connectivity index (χ4n) is 3.80. The second-order valence-corrected chi connectivity index (χ2v) is 7.73. The Balaban J connectivity index is 1.89. The first-order chi connectivity index (χ1) is 13.0. The Labute approximate surface area is 158 Å². The molecule has 0 bridgehead atoms. The van der Waals surface area contributed by atoms with E-state index in [1.165, 1.54) is 0 Å². The Bertz CT molecular complexity index is 990. The van der Waals surface area contributed by atoms with E-state index in [4.69, 9.17) is 4.74 Å². The lowest BCUT2D eigenvalue weighted by molar-refractivity contribution is 0.0912. The molecule has 2 aromatic heterocycles. The third-order valence-corrected chi connectivity index (χ3v) is 4.99. The summed E-state index contributed by atoms with van der Waals surface area (Å²) < 4.78 is 5.48. The highest BCUT2D eigenvalue weighted by atomic mass is 16.5. The molecular formula is C22H23N3O2. The van der Waals surface area contributed by atoms with Crippen LogP contribution in [0.1, 0.15) is 36.3 Å². The number of para-hydroxylation sites is 2. The summed E-state index contributed by atoms with van der Waals surface area (Å²) in [6, 6.07) is 11.6. The van der Waals surface area contributed by atoms with Gasteiger partial charge >= 0.3 is 0 Å². The molecule has 3 aromatic rings. The molecule has 0 atom stereocenters. The van der Waals surface area contributed by atoms with E-state index in [2.05, 4.69) is 29.1 Å². The summed E-state index contributed by atoms with van der Waals surface area (Å²) in [6.07, 6.45) is 4.88. The van der Waals surface area contributed by atoms with Crippen LogP contribution in [-0.2, 0) is 6.42 Å². The molecular weight excluding hydrogens is 338 g/mol. The maximum Gasteiger partial charge on any atom is 0.167 e. The number of Topliss-reactive ketones (excluding diaryl/α,β-unsaturated/α-hetero) is 1. The highest BCUT2D eigenvalue weighted by Gasteiger charge is 2.35. The maximum absolute atomic E-state index is 13.0. The summed E-state index contributed by atoms with van der Waals surface area (Å²) in [4.78, 5) is 20.6. The highest BCUT2D eigenvalue weighted by Crippen LogP contribution is 2.43. The van der Waals surface area contributed by atoms with Crippen molar-refractivity contribution in [2.75, 3.05) is 12.4 Å². The van der Waals surface area contributed by atoms with Gasteiger partial charge in [-0.3, -0.25) is 9.78 Å². The van der Waals surface area contributed by atoms with E-state index in [0.29, 0.717) is 6.42 Å². The Morgan fingerprint density at radius 1 is 1.11 bits per heavy atom. The van der Waals surface area contributed by atoms with Crippen LogP contribution >= 0.6 is 0 Å². The van der Waals surface area contributed by atoms with Gasteiger partial charge in [-0.25, -0.2) is 0 Å². The number of nitrogens with one attached hydrogen (secondary N) is 2. The van der Waals surface area contributed by atoms with E-state index in [-0.39, 0.29) is 11.2 Å². The second kappa shape index (κ2) is 6.58. The molecule has 0 amide bonds. The number of hydrogen-bond acceptors (Lipinski definition) is 4. The molecule has 0 spiro atoms. The van der Waals surface area contributed by atoms with Crippen LogP contribution in [0.4, 0.5) is 11.4 Å². The van der Waals surface area contributed by atoms with Crippen molar-refractivity contribution < 1.29 is 9.53 Å². The lowest BCUT2D eigenvalue weighted by Gasteiger charge is -2.28. The SMILES string of the molecule is COc1ccccc1Nc1c(-c2ccncc2)[nH]c2c1C(=O)CC(C)(C)C2. The number of aromatic amines is 1. The Hall–Kier alpha value is -3.08. The highest BCUT2D eigenvalue weighted by molar-refractivity contribution is 6.07. The smallest absolute Gasteiger partial charge is 0.167 e. The molecule has 5 heteroatoms. The molecule has 4 rings (SSSR count). The van der Waals surface area contributed by atoms with Crippen LogP contribution in [0.25, 0.3) is 11.3 Å². The minimum atomic E-state index is -0.0494. The van der Waals surface area contributed by atoms with Crippen molar-refractivity contribution in [1.82, 2.24) is 9.97 Å². The number of ketones is 1. The van der Waals surface area contributed by atoms with Crippen molar-refractivity contribution in [1.29, 1.82) is 0 Å². The summed E-state index contributed by atoms with van der Waals surface area (Å²) in [7, 11) is 1.64. The normalized spacial score (nSPS) is 15.3. The molecule has 0 fully saturated rings. The molecule has 2 N–H and O–H groups in total. The van der Waals surface area contributed by atoms with Gasteiger partial charge in [0, 0.05) is 30.1 Å². The number of hydrogen-bond donors (Lipinski definition) is 2. The zero-order valence-electron chi connectivity index (χ0n) is 15.8. The summed E-state index contributed by atoms with van der Waals surface area (Å²) in [5, 5.41) is 3.46. The molecule has 0 aliphatic heterocycles. The number of H-pyrrole nitrogens is 1. The number of fused-ring (bicyclic) bond motifs is 1. The average molecular weight is 361 g/mol. The first-order valence-electron chi connectivity index (χ1n) is 9.07. The van der Waals surface area contributed by atoms with E-state index < -0.39 is 0 Å². The van der Waals surface area contributed by atoms with Crippen LogP contribution in [0.3, 0.4) is 0 Å². The Morgan fingerprint density at radius 2 is 1.85 bits per heavy atom. The van der Waals surface area contributed by atoms with Crippen molar-refractivity contribution in [3.8, 4) is 17.0 Å². The fraction of sp³-hybridized carbons (Fsp3) is 0.273. The topological polar surface area (TPSA) is 67.0 Å². The van der Waals surface area contributed by atoms with Crippen molar-refractivity contribution in [2.24, 2.45) is 5.41 Å². The van der Waals surface area contributed by atoms with E-state index in [9.17, 15) is 4.79 Å². The average Bonchev–Trinajstić information content (AvgIpc) is 3.00. The third-order valence-electron chi connectivity index (χ3n) is 4.99. The van der Waals surface area contributed by atoms with Gasteiger partial charge in [-0.05, 0) is 36.1 Å². The molecule has 0 saturated carbocycles. The van der Waals surface area contributed by atoms with Gasteiger partial charge in [-0.2, -0.15) is 0 Å². The third kappa shape index (κ3) is 3.21. The van der Waals surface area contributed by atoms with Gasteiger partial charge in [-0.15, -0.1) is 0 Å². The molecule has 138 valence electrons. The summed E-state index contributed by atoms with van der Waals surface area (Å²) in [5.74, 6) is 0.895. The summed E-state index contributed by atoms with van der Waals surface area (Å²) in [5.41, 5.74) is 5.22. The summed E-state index contributed by atoms with van der Waals surface area (Å²) >= 11 is 0. The molecule has 27 heavy (non-hydrogen) atoms. The van der Waals surface area contributed by atoms with Gasteiger partial charge in [0.25, 0.3) is 0 Å². The number of anilines is 2. The molecule has 1 aliphatic rings. The number of rotatable bonds is 4. The van der Waals surface area contributed by atoms with Gasteiger partial charge in [-0.1, -0.05) is 26.0 Å². The largest absolute Gasteiger partial charge is 0.495 e. The molecule has 2 heterocycles. The molecule has 5 nitrogen and oxygen atoms in total. The molecule has 0 radical (unpaired) electrons. The number of benzene rings is 1. The van der Waals surface area contributed by atoms with Crippen LogP contribution < -0.4 is 10.1 Å². The van der Waals surface area contributed by atoms with Crippen molar-refractivity contribution >= 4 is 17.2 Å². The number of nitrogens with zero attached hydrogens (tertiary/aromatic N) is 1. The molecule has 0 unspecified atom stereocenters. The zero-order valence-corrected chi connectivity index (χ0v) is 15.8. The summed E-state index contributed by atoms with van der Waals surface area (Å²) in [6.45, 7) is 4.27. The Morgan fingerprint density at radius 3 is 2.59 bits per heavy atom. The van der Waals surface area contributed by atoms with Gasteiger partial charge < -0.3 is 15.0 Å². The molecule has 0 saturated heterocycles. The minimum Gasteiger partial charge on any atom is -0.495 e. The van der Waals surface area contributed by atoms with Crippen LogP contribution in [-0.4, -0.2) is 22.9 Å². The van der Waals surface area contributed by atoms with Crippen LogP contribution in [0, 0.1) is 5.41 Å². The predicted molar refractivity (Wildman–Crippen MR) is 107 cm³/mol. The number of carbonyl (C=O) groups is 1. The van der Waals surface area contributed by atoms with Crippen LogP contribution in [0.5, 0.6) is 5.75 Å². The first kappa shape index (κ1) is 17.3. The van der Waals surface area contributed by atoms with Crippen molar-refractivity contribution in [2.45, 2.75) is 26.7 Å². The number of ether oxygens (including phenoxy) is 1. The van der Waals surface area contributed by atoms with Crippen molar-refractivity contribution in [3.63, 3.8) is 0 Å². The Kier molecular flexibility index (Phi) is 4.22. The quantitative estimate of drug-likeness (QED) is 0.687. The number of pyridine rings is 1. The van der Waals surface area contributed by atoms with Crippen LogP contribution in [0.2, 0.25) is 0 Å². The van der Waals surface area contributed by atoms with Gasteiger partial charge in [0.05, 0.1) is 29.7 Å². The predicted octanol–water partition coefficient (Wildman–Crippen LogP) is 4.98. The van der Waals surface area contributed by atoms with E-state index >= 15 is 0 Å². The van der Waals surface area contributed by atoms with Gasteiger partial charge in [0.1, 0.15) is 5.75 Å². The number of methoxy groups -OCH3 is 1. The monoisotopic (exact) mass is 361 g/mol. The maximum atomic E-state index is 13.0.